The number of hydrogen-bond acceptors (Lipinski definition) is 4. The van der Waals surface area contributed by atoms with Crippen LogP contribution in [0.2, 0.25) is 0 Å². The van der Waals surface area contributed by atoms with E-state index in [1.807, 2.05) is 5.09 Å². The lowest BCUT2D eigenvalue weighted by Crippen LogP contribution is -2.33. The molecule has 0 aromatic heterocycles. The Balaban J connectivity index is 2.42. The molecule has 0 aliphatic rings. The molecule has 0 aliphatic heterocycles. The van der Waals surface area contributed by atoms with Gasteiger partial charge < -0.3 is 9.63 Å². The van der Waals surface area contributed by atoms with Crippen molar-refractivity contribution in [3.8, 4) is 5.75 Å². The molecule has 0 saturated heterocycles. The van der Waals surface area contributed by atoms with Gasteiger partial charge in [-0.15, -0.1) is 0 Å². The normalized spacial score (nSPS) is 14.3. The fourth-order valence-corrected chi connectivity index (χ4v) is 3.57. The second-order valence-electron chi connectivity index (χ2n) is 5.88. The van der Waals surface area contributed by atoms with Crippen molar-refractivity contribution in [3.63, 3.8) is 0 Å². The number of rotatable bonds is 8. The average molecular weight is 439 g/mol. The van der Waals surface area contributed by atoms with Gasteiger partial charge in [0.05, 0.1) is 6.61 Å². The molecular weight excluding hydrogens is 424 g/mol. The van der Waals surface area contributed by atoms with Crippen LogP contribution in [0.25, 0.3) is 0 Å². The van der Waals surface area contributed by atoms with Crippen LogP contribution in [0.4, 0.5) is 22.0 Å². The Kier molecular flexibility index (Phi) is 6.99. The molecule has 0 saturated carbocycles. The van der Waals surface area contributed by atoms with Gasteiger partial charge in [0.1, 0.15) is 6.04 Å². The molecule has 29 heavy (non-hydrogen) atoms. The third-order valence-electron chi connectivity index (χ3n) is 3.75. The van der Waals surface area contributed by atoms with Crippen LogP contribution in [0.1, 0.15) is 18.1 Å². The third-order valence-corrected chi connectivity index (χ3v) is 5.35. The van der Waals surface area contributed by atoms with Gasteiger partial charge in [-0.3, -0.25) is 9.32 Å². The van der Waals surface area contributed by atoms with Gasteiger partial charge >= 0.3 is 13.7 Å². The van der Waals surface area contributed by atoms with Crippen LogP contribution in [0, 0.1) is 36.0 Å². The monoisotopic (exact) mass is 439 g/mol. The highest BCUT2D eigenvalue weighted by Gasteiger charge is 2.36. The van der Waals surface area contributed by atoms with E-state index in [4.69, 9.17) is 9.63 Å². The first-order chi connectivity index (χ1) is 13.5. The molecule has 0 radical (unpaired) electrons. The van der Waals surface area contributed by atoms with Crippen LogP contribution < -0.4 is 9.61 Å². The van der Waals surface area contributed by atoms with Gasteiger partial charge in [-0.1, -0.05) is 24.3 Å². The zero-order valence-electron chi connectivity index (χ0n) is 15.0. The van der Waals surface area contributed by atoms with Crippen molar-refractivity contribution >= 4 is 13.7 Å². The van der Waals surface area contributed by atoms with Gasteiger partial charge in [0.25, 0.3) is 0 Å². The molecule has 0 heterocycles. The Morgan fingerprint density at radius 1 is 1.07 bits per heavy atom. The van der Waals surface area contributed by atoms with Crippen molar-refractivity contribution in [2.24, 2.45) is 0 Å². The van der Waals surface area contributed by atoms with Crippen molar-refractivity contribution in [2.45, 2.75) is 26.5 Å². The Morgan fingerprint density at radius 3 is 2.10 bits per heavy atom. The fourth-order valence-electron chi connectivity index (χ4n) is 2.09. The summed E-state index contributed by atoms with van der Waals surface area (Å²) in [4.78, 5) is 11.0. The second kappa shape index (κ2) is 8.89. The zero-order valence-corrected chi connectivity index (χ0v) is 15.9. The van der Waals surface area contributed by atoms with E-state index in [1.165, 1.54) is 0 Å². The summed E-state index contributed by atoms with van der Waals surface area (Å²) < 4.78 is 90.2. The minimum Gasteiger partial charge on any atom is -0.480 e. The number of carboxylic acids is 1. The van der Waals surface area contributed by atoms with E-state index < -0.39 is 61.2 Å². The van der Waals surface area contributed by atoms with E-state index in [2.05, 4.69) is 4.52 Å². The minimum absolute atomic E-state index is 0.457. The summed E-state index contributed by atoms with van der Waals surface area (Å²) >= 11 is 0. The van der Waals surface area contributed by atoms with Crippen molar-refractivity contribution in [1.29, 1.82) is 0 Å². The number of nitrogens with one attached hydrogen (secondary N) is 1. The van der Waals surface area contributed by atoms with Crippen LogP contribution in [-0.2, 0) is 20.5 Å². The molecule has 2 atom stereocenters. The molecule has 0 spiro atoms. The first-order valence-corrected chi connectivity index (χ1v) is 9.52. The van der Waals surface area contributed by atoms with Crippen molar-refractivity contribution in [3.05, 3.63) is 64.5 Å². The maximum atomic E-state index is 13.9. The number of hydrogen-bond donors (Lipinski definition) is 2. The number of halogens is 5. The van der Waals surface area contributed by atoms with Crippen LogP contribution >= 0.6 is 7.75 Å². The Hall–Kier alpha value is -2.49. The maximum Gasteiger partial charge on any atom is 0.459 e. The Morgan fingerprint density at radius 2 is 1.59 bits per heavy atom. The second-order valence-corrected chi connectivity index (χ2v) is 7.57. The lowest BCUT2D eigenvalue weighted by molar-refractivity contribution is -0.138. The molecule has 12 heteroatoms. The summed E-state index contributed by atoms with van der Waals surface area (Å²) in [5.41, 5.74) is 1.13. The summed E-state index contributed by atoms with van der Waals surface area (Å²) in [5, 5.41) is 10.8. The molecule has 0 fully saturated rings. The van der Waals surface area contributed by atoms with E-state index in [1.54, 1.807) is 31.2 Å². The third kappa shape index (κ3) is 5.11. The van der Waals surface area contributed by atoms with Gasteiger partial charge in [-0.05, 0) is 25.0 Å². The molecule has 158 valence electrons. The highest BCUT2D eigenvalue weighted by atomic mass is 31.2. The minimum atomic E-state index is -4.91. The smallest absolute Gasteiger partial charge is 0.459 e. The molecule has 2 aromatic rings. The van der Waals surface area contributed by atoms with E-state index in [-0.39, 0.29) is 0 Å². The lowest BCUT2D eigenvalue weighted by atomic mass is 10.1. The first kappa shape index (κ1) is 22.8. The number of aliphatic carboxylic acids is 1. The number of benzene rings is 2. The predicted molar refractivity (Wildman–Crippen MR) is 90.7 cm³/mol. The lowest BCUT2D eigenvalue weighted by Gasteiger charge is -2.23. The van der Waals surface area contributed by atoms with Crippen LogP contribution in [0.5, 0.6) is 5.75 Å². The summed E-state index contributed by atoms with van der Waals surface area (Å²) in [6.07, 6.45) is 0. The molecule has 2 aromatic carbocycles. The average Bonchev–Trinajstić information content (AvgIpc) is 2.67. The molecule has 6 nitrogen and oxygen atoms in total. The van der Waals surface area contributed by atoms with Crippen molar-refractivity contribution in [1.82, 2.24) is 5.09 Å². The largest absolute Gasteiger partial charge is 0.480 e. The summed E-state index contributed by atoms with van der Waals surface area (Å²) in [7, 11) is -4.91. The van der Waals surface area contributed by atoms with E-state index in [0.717, 1.165) is 6.92 Å². The molecule has 0 aliphatic carbocycles. The molecule has 0 bridgehead atoms. The maximum absolute atomic E-state index is 13.9. The number of aryl methyl sites for hydroxylation is 1. The molecule has 2 unspecified atom stereocenters. The predicted octanol–water partition coefficient (Wildman–Crippen LogP) is 4.46. The van der Waals surface area contributed by atoms with E-state index in [0.29, 0.717) is 11.1 Å². The highest BCUT2D eigenvalue weighted by Crippen LogP contribution is 2.48. The molecule has 2 N–H and O–H groups in total. The van der Waals surface area contributed by atoms with Gasteiger partial charge in [-0.25, -0.2) is 17.7 Å². The van der Waals surface area contributed by atoms with Gasteiger partial charge in [0, 0.05) is 0 Å². The summed E-state index contributed by atoms with van der Waals surface area (Å²) in [5.74, 6) is -15.2. The van der Waals surface area contributed by atoms with Gasteiger partial charge in [0.2, 0.25) is 34.8 Å². The summed E-state index contributed by atoms with van der Waals surface area (Å²) in [6.45, 7) is 2.20. The standard InChI is InChI=1S/C17H15F5NO5P/c1-8-5-3-4-6-10(8)7-27-29(26,23-9(2)17(24)25)28-16-14(21)12(19)11(18)13(20)15(16)22/h3-6,9H,7H2,1-2H3,(H,23,26)(H,24,25). The summed E-state index contributed by atoms with van der Waals surface area (Å²) in [6, 6.07) is 4.91. The fraction of sp³-hybridized carbons (Fsp3) is 0.235. The number of carbonyl (C=O) groups is 1. The van der Waals surface area contributed by atoms with Crippen molar-refractivity contribution in [2.75, 3.05) is 0 Å². The van der Waals surface area contributed by atoms with Gasteiger partial charge in [0.15, 0.2) is 0 Å². The van der Waals surface area contributed by atoms with Gasteiger partial charge in [-0.2, -0.15) is 13.9 Å². The van der Waals surface area contributed by atoms with Crippen LogP contribution in [0.3, 0.4) is 0 Å². The molecular formula is C17H15F5NO5P. The van der Waals surface area contributed by atoms with Crippen LogP contribution in [0.15, 0.2) is 24.3 Å². The number of carboxylic acid groups (broad SMARTS) is 1. The van der Waals surface area contributed by atoms with Crippen LogP contribution in [-0.4, -0.2) is 17.1 Å². The Bertz CT molecular complexity index is 958. The quantitative estimate of drug-likeness (QED) is 0.274. The Labute approximate surface area is 161 Å². The SMILES string of the molecule is Cc1ccccc1COP(=O)(NC(C)C(=O)O)Oc1c(F)c(F)c(F)c(F)c1F. The molecule has 0 amide bonds. The molecule has 2 rings (SSSR count). The highest BCUT2D eigenvalue weighted by molar-refractivity contribution is 7.52. The van der Waals surface area contributed by atoms with E-state index >= 15 is 0 Å². The van der Waals surface area contributed by atoms with E-state index in [9.17, 15) is 31.3 Å². The van der Waals surface area contributed by atoms with Crippen molar-refractivity contribution < 1.29 is 45.5 Å². The zero-order chi connectivity index (χ0) is 21.9. The first-order valence-electron chi connectivity index (χ1n) is 7.97. The topological polar surface area (TPSA) is 84.9 Å².